The van der Waals surface area contributed by atoms with Gasteiger partial charge in [-0.3, -0.25) is 9.78 Å². The first-order valence-corrected chi connectivity index (χ1v) is 6.82. The third kappa shape index (κ3) is 3.13. The Morgan fingerprint density at radius 2 is 2.05 bits per heavy atom. The van der Waals surface area contributed by atoms with Crippen LogP contribution in [0.15, 0.2) is 41.7 Å². The molecule has 0 saturated carbocycles. The summed E-state index contributed by atoms with van der Waals surface area (Å²) in [5.74, 6) is -1.59. The van der Waals surface area contributed by atoms with E-state index in [1.807, 2.05) is 0 Å². The predicted molar refractivity (Wildman–Crippen MR) is 67.8 cm³/mol. The summed E-state index contributed by atoms with van der Waals surface area (Å²) in [6, 6.07) is 2.91. The number of rotatable bonds is 3. The predicted octanol–water partition coefficient (Wildman–Crippen LogP) is 0.515. The minimum atomic E-state index is -4.00. The van der Waals surface area contributed by atoms with Crippen molar-refractivity contribution in [2.45, 2.75) is 4.90 Å². The summed E-state index contributed by atoms with van der Waals surface area (Å²) < 4.78 is 35.8. The van der Waals surface area contributed by atoms with Crippen molar-refractivity contribution in [3.63, 3.8) is 0 Å². The number of aromatic nitrogens is 2. The molecule has 1 amide bonds. The summed E-state index contributed by atoms with van der Waals surface area (Å²) in [6.07, 6.45) is 3.92. The molecule has 1 heterocycles. The lowest BCUT2D eigenvalue weighted by Crippen LogP contribution is -2.16. The second-order valence-electron chi connectivity index (χ2n) is 3.73. The Morgan fingerprint density at radius 1 is 1.30 bits per heavy atom. The molecule has 1 aromatic carbocycles. The fourth-order valence-electron chi connectivity index (χ4n) is 1.38. The number of nitrogens with zero attached hydrogens (tertiary/aromatic N) is 2. The summed E-state index contributed by atoms with van der Waals surface area (Å²) in [5.41, 5.74) is -0.185. The van der Waals surface area contributed by atoms with Gasteiger partial charge in [0.1, 0.15) is 11.5 Å². The highest BCUT2D eigenvalue weighted by Crippen LogP contribution is 2.18. The van der Waals surface area contributed by atoms with Crippen molar-refractivity contribution >= 4 is 21.6 Å². The zero-order chi connectivity index (χ0) is 14.8. The highest BCUT2D eigenvalue weighted by Gasteiger charge is 2.14. The lowest BCUT2D eigenvalue weighted by molar-refractivity contribution is 0.102. The van der Waals surface area contributed by atoms with Gasteiger partial charge in [-0.15, -0.1) is 0 Å². The molecule has 9 heteroatoms. The maximum Gasteiger partial charge on any atom is 0.275 e. The van der Waals surface area contributed by atoms with Crippen molar-refractivity contribution in [2.75, 3.05) is 5.32 Å². The quantitative estimate of drug-likeness (QED) is 0.856. The van der Waals surface area contributed by atoms with E-state index < -0.39 is 21.7 Å². The molecule has 0 aliphatic heterocycles. The smallest absolute Gasteiger partial charge is 0.275 e. The first-order chi connectivity index (χ1) is 9.38. The molecule has 0 radical (unpaired) electrons. The first kappa shape index (κ1) is 14.0. The van der Waals surface area contributed by atoms with Gasteiger partial charge in [0.05, 0.1) is 16.8 Å². The first-order valence-electron chi connectivity index (χ1n) is 5.27. The SMILES string of the molecule is NS(=O)(=O)c1ccc(NC(=O)c2cnccn2)c(F)c1. The van der Waals surface area contributed by atoms with Gasteiger partial charge in [0.15, 0.2) is 0 Å². The van der Waals surface area contributed by atoms with E-state index >= 15 is 0 Å². The average Bonchev–Trinajstić information content (AvgIpc) is 2.41. The second kappa shape index (κ2) is 5.31. The van der Waals surface area contributed by atoms with Gasteiger partial charge >= 0.3 is 0 Å². The van der Waals surface area contributed by atoms with Crippen LogP contribution in [-0.2, 0) is 10.0 Å². The Morgan fingerprint density at radius 3 is 2.60 bits per heavy atom. The largest absolute Gasteiger partial charge is 0.318 e. The summed E-state index contributed by atoms with van der Waals surface area (Å²) >= 11 is 0. The highest BCUT2D eigenvalue weighted by molar-refractivity contribution is 7.89. The van der Waals surface area contributed by atoms with Crippen LogP contribution in [0.3, 0.4) is 0 Å². The molecular weight excluding hydrogens is 287 g/mol. The number of carbonyl (C=O) groups excluding carboxylic acids is 1. The Labute approximate surface area is 113 Å². The normalized spacial score (nSPS) is 11.1. The molecule has 1 aromatic heterocycles. The molecule has 0 atom stereocenters. The van der Waals surface area contributed by atoms with Crippen molar-refractivity contribution in [1.82, 2.24) is 9.97 Å². The molecule has 3 N–H and O–H groups in total. The van der Waals surface area contributed by atoms with E-state index in [1.165, 1.54) is 18.6 Å². The van der Waals surface area contributed by atoms with Crippen LogP contribution >= 0.6 is 0 Å². The molecule has 2 rings (SSSR count). The number of anilines is 1. The maximum atomic E-state index is 13.7. The minimum absolute atomic E-state index is 0.00224. The van der Waals surface area contributed by atoms with E-state index in [1.54, 1.807) is 0 Å². The van der Waals surface area contributed by atoms with Gasteiger partial charge in [0, 0.05) is 12.4 Å². The molecule has 7 nitrogen and oxygen atoms in total. The Hall–Kier alpha value is -2.39. The fourth-order valence-corrected chi connectivity index (χ4v) is 1.90. The van der Waals surface area contributed by atoms with Crippen LogP contribution in [0.5, 0.6) is 0 Å². The molecule has 0 bridgehead atoms. The number of hydrogen-bond donors (Lipinski definition) is 2. The van der Waals surface area contributed by atoms with E-state index in [0.29, 0.717) is 0 Å². The maximum absolute atomic E-state index is 13.7. The van der Waals surface area contributed by atoms with Crippen LogP contribution < -0.4 is 10.5 Å². The van der Waals surface area contributed by atoms with Gasteiger partial charge < -0.3 is 5.32 Å². The van der Waals surface area contributed by atoms with Gasteiger partial charge in [-0.1, -0.05) is 0 Å². The molecule has 0 spiro atoms. The van der Waals surface area contributed by atoms with Crippen LogP contribution in [0, 0.1) is 5.82 Å². The van der Waals surface area contributed by atoms with Crippen LogP contribution in [-0.4, -0.2) is 24.3 Å². The minimum Gasteiger partial charge on any atom is -0.318 e. The molecule has 0 fully saturated rings. The van der Waals surface area contributed by atoms with E-state index in [2.05, 4.69) is 15.3 Å². The average molecular weight is 296 g/mol. The van der Waals surface area contributed by atoms with Crippen LogP contribution in [0.4, 0.5) is 10.1 Å². The number of carbonyl (C=O) groups is 1. The van der Waals surface area contributed by atoms with E-state index in [0.717, 1.165) is 18.2 Å². The van der Waals surface area contributed by atoms with Gasteiger partial charge in [0.2, 0.25) is 10.0 Å². The standard InChI is InChI=1S/C11H9FN4O3S/c12-8-5-7(20(13,18)19)1-2-9(8)16-11(17)10-6-14-3-4-15-10/h1-6H,(H,16,17)(H2,13,18,19). The number of amides is 1. The van der Waals surface area contributed by atoms with Crippen molar-refractivity contribution in [2.24, 2.45) is 5.14 Å². The van der Waals surface area contributed by atoms with Crippen LogP contribution in [0.1, 0.15) is 10.5 Å². The number of primary sulfonamides is 1. The van der Waals surface area contributed by atoms with Gasteiger partial charge in [-0.2, -0.15) is 0 Å². The van der Waals surface area contributed by atoms with Gasteiger partial charge in [-0.05, 0) is 18.2 Å². The number of hydrogen-bond acceptors (Lipinski definition) is 5. The topological polar surface area (TPSA) is 115 Å². The molecule has 2 aromatic rings. The monoisotopic (exact) mass is 296 g/mol. The Balaban J connectivity index is 2.25. The Bertz CT molecular complexity index is 750. The molecule has 20 heavy (non-hydrogen) atoms. The summed E-state index contributed by atoms with van der Waals surface area (Å²) in [4.78, 5) is 18.8. The number of sulfonamides is 1. The summed E-state index contributed by atoms with van der Waals surface area (Å²) in [6.45, 7) is 0. The third-order valence-corrected chi connectivity index (χ3v) is 3.22. The lowest BCUT2D eigenvalue weighted by atomic mass is 10.3. The zero-order valence-electron chi connectivity index (χ0n) is 9.95. The van der Waals surface area contributed by atoms with E-state index in [9.17, 15) is 17.6 Å². The molecular formula is C11H9FN4O3S. The molecule has 104 valence electrons. The van der Waals surface area contributed by atoms with E-state index in [4.69, 9.17) is 5.14 Å². The summed E-state index contributed by atoms with van der Waals surface area (Å²) in [7, 11) is -4.00. The number of nitrogens with one attached hydrogen (secondary N) is 1. The number of nitrogens with two attached hydrogens (primary N) is 1. The van der Waals surface area contributed by atoms with Crippen molar-refractivity contribution in [3.8, 4) is 0 Å². The second-order valence-corrected chi connectivity index (χ2v) is 5.29. The number of halogens is 1. The van der Waals surface area contributed by atoms with Crippen molar-refractivity contribution in [3.05, 3.63) is 48.3 Å². The lowest BCUT2D eigenvalue weighted by Gasteiger charge is -2.06. The molecule has 0 saturated heterocycles. The van der Waals surface area contributed by atoms with Crippen LogP contribution in [0.2, 0.25) is 0 Å². The molecule has 0 aliphatic rings. The zero-order valence-corrected chi connectivity index (χ0v) is 10.8. The molecule has 0 unspecified atom stereocenters. The summed E-state index contributed by atoms with van der Waals surface area (Å²) in [5, 5.41) is 7.12. The Kier molecular flexibility index (Phi) is 3.72. The van der Waals surface area contributed by atoms with E-state index in [-0.39, 0.29) is 16.3 Å². The van der Waals surface area contributed by atoms with Gasteiger partial charge in [-0.25, -0.2) is 22.9 Å². The third-order valence-electron chi connectivity index (χ3n) is 2.31. The molecule has 0 aliphatic carbocycles. The fraction of sp³-hybridized carbons (Fsp3) is 0. The van der Waals surface area contributed by atoms with Crippen molar-refractivity contribution < 1.29 is 17.6 Å². The number of benzene rings is 1. The highest BCUT2D eigenvalue weighted by atomic mass is 32.2. The van der Waals surface area contributed by atoms with Crippen molar-refractivity contribution in [1.29, 1.82) is 0 Å². The van der Waals surface area contributed by atoms with Crippen LogP contribution in [0.25, 0.3) is 0 Å². The van der Waals surface area contributed by atoms with Gasteiger partial charge in [0.25, 0.3) is 5.91 Å².